The van der Waals surface area contributed by atoms with Gasteiger partial charge in [-0.15, -0.1) is 0 Å². The molecule has 0 fully saturated rings. The Morgan fingerprint density at radius 1 is 0.917 bits per heavy atom. The Kier molecular flexibility index (Phi) is 15.6. The second-order valence-corrected chi connectivity index (χ2v) is 6.43. The maximum atomic E-state index is 11.8. The lowest BCUT2D eigenvalue weighted by molar-refractivity contribution is -0.152. The molecule has 4 heteroatoms. The van der Waals surface area contributed by atoms with Crippen LogP contribution in [0.4, 0.5) is 0 Å². The topological polar surface area (TPSA) is 63.6 Å². The van der Waals surface area contributed by atoms with E-state index in [9.17, 15) is 9.59 Å². The highest BCUT2D eigenvalue weighted by molar-refractivity contribution is 5.71. The highest BCUT2D eigenvalue weighted by Gasteiger charge is 2.16. The van der Waals surface area contributed by atoms with Gasteiger partial charge in [-0.3, -0.25) is 9.59 Å². The van der Waals surface area contributed by atoms with Gasteiger partial charge >= 0.3 is 11.9 Å². The average molecular weight is 341 g/mol. The van der Waals surface area contributed by atoms with Crippen LogP contribution in [0.15, 0.2) is 12.2 Å². The molecule has 140 valence electrons. The second kappa shape index (κ2) is 16.5. The molecule has 24 heavy (non-hydrogen) atoms. The molecule has 1 unspecified atom stereocenters. The summed E-state index contributed by atoms with van der Waals surface area (Å²) in [5.41, 5.74) is 0. The summed E-state index contributed by atoms with van der Waals surface area (Å²) in [6.45, 7) is 4.34. The van der Waals surface area contributed by atoms with Crippen LogP contribution in [0, 0.1) is 0 Å². The molecule has 0 aliphatic heterocycles. The molecule has 0 rings (SSSR count). The summed E-state index contributed by atoms with van der Waals surface area (Å²) in [7, 11) is 0. The molecule has 0 aliphatic rings. The largest absolute Gasteiger partial charge is 0.481 e. The third-order valence-electron chi connectivity index (χ3n) is 3.97. The monoisotopic (exact) mass is 340 g/mol. The third kappa shape index (κ3) is 15.6. The van der Waals surface area contributed by atoms with E-state index in [0.29, 0.717) is 12.8 Å². The van der Waals surface area contributed by atoms with E-state index in [2.05, 4.69) is 19.9 Å². The van der Waals surface area contributed by atoms with Crippen molar-refractivity contribution in [3.05, 3.63) is 12.2 Å². The van der Waals surface area contributed by atoms with Gasteiger partial charge in [-0.2, -0.15) is 0 Å². The Labute approximate surface area is 147 Å². The number of aliphatic carboxylic acids is 1. The zero-order valence-electron chi connectivity index (χ0n) is 15.6. The molecular weight excluding hydrogens is 304 g/mol. The van der Waals surface area contributed by atoms with Crippen molar-refractivity contribution in [1.82, 2.24) is 0 Å². The lowest BCUT2D eigenvalue weighted by atomic mass is 10.1. The van der Waals surface area contributed by atoms with Crippen LogP contribution >= 0.6 is 0 Å². The van der Waals surface area contributed by atoms with Gasteiger partial charge in [0.1, 0.15) is 6.10 Å². The minimum atomic E-state index is -0.924. The van der Waals surface area contributed by atoms with Crippen LogP contribution in [-0.2, 0) is 14.3 Å². The number of unbranched alkanes of at least 4 members (excludes halogenated alkanes) is 8. The number of carbonyl (C=O) groups excluding carboxylic acids is 1. The Hall–Kier alpha value is -1.32. The average Bonchev–Trinajstić information content (AvgIpc) is 2.53. The number of carboxylic acid groups (broad SMARTS) is 1. The SMILES string of the molecule is CCCCCC/C=C\CC(CC(=O)O)OC(=O)CCCCCCC. The van der Waals surface area contributed by atoms with Gasteiger partial charge in [-0.25, -0.2) is 0 Å². The lowest BCUT2D eigenvalue weighted by Crippen LogP contribution is -2.21. The van der Waals surface area contributed by atoms with Gasteiger partial charge < -0.3 is 9.84 Å². The smallest absolute Gasteiger partial charge is 0.307 e. The van der Waals surface area contributed by atoms with Crippen molar-refractivity contribution in [3.63, 3.8) is 0 Å². The van der Waals surface area contributed by atoms with E-state index in [1.807, 2.05) is 6.08 Å². The van der Waals surface area contributed by atoms with Crippen molar-refractivity contribution in [2.75, 3.05) is 0 Å². The Balaban J connectivity index is 4.00. The zero-order chi connectivity index (χ0) is 18.0. The van der Waals surface area contributed by atoms with Crippen LogP contribution in [0.5, 0.6) is 0 Å². The molecule has 0 aliphatic carbocycles. The molecule has 0 bridgehead atoms. The summed E-state index contributed by atoms with van der Waals surface area (Å²) in [6.07, 6.45) is 15.5. The van der Waals surface area contributed by atoms with Crippen LogP contribution in [0.2, 0.25) is 0 Å². The fraction of sp³-hybridized carbons (Fsp3) is 0.800. The van der Waals surface area contributed by atoms with E-state index in [-0.39, 0.29) is 12.4 Å². The van der Waals surface area contributed by atoms with Gasteiger partial charge in [0.25, 0.3) is 0 Å². The van der Waals surface area contributed by atoms with Crippen molar-refractivity contribution in [1.29, 1.82) is 0 Å². The van der Waals surface area contributed by atoms with Gasteiger partial charge in [0, 0.05) is 12.8 Å². The van der Waals surface area contributed by atoms with Crippen LogP contribution in [0.25, 0.3) is 0 Å². The van der Waals surface area contributed by atoms with Crippen LogP contribution in [0.1, 0.15) is 97.3 Å². The van der Waals surface area contributed by atoms with Crippen LogP contribution in [0.3, 0.4) is 0 Å². The number of hydrogen-bond acceptors (Lipinski definition) is 3. The van der Waals surface area contributed by atoms with Gasteiger partial charge in [0.2, 0.25) is 0 Å². The normalized spacial score (nSPS) is 12.4. The van der Waals surface area contributed by atoms with E-state index >= 15 is 0 Å². The first kappa shape index (κ1) is 22.7. The van der Waals surface area contributed by atoms with Crippen molar-refractivity contribution in [3.8, 4) is 0 Å². The Bertz CT molecular complexity index is 350. The minimum absolute atomic E-state index is 0.123. The summed E-state index contributed by atoms with van der Waals surface area (Å²) in [6, 6.07) is 0. The summed E-state index contributed by atoms with van der Waals surface area (Å²) >= 11 is 0. The number of esters is 1. The Morgan fingerprint density at radius 2 is 1.54 bits per heavy atom. The van der Waals surface area contributed by atoms with E-state index in [4.69, 9.17) is 9.84 Å². The van der Waals surface area contributed by atoms with Gasteiger partial charge in [-0.1, -0.05) is 70.9 Å². The minimum Gasteiger partial charge on any atom is -0.481 e. The molecule has 0 heterocycles. The molecule has 0 radical (unpaired) electrons. The van der Waals surface area contributed by atoms with E-state index in [1.165, 1.54) is 32.1 Å². The van der Waals surface area contributed by atoms with E-state index in [1.54, 1.807) is 0 Å². The molecule has 4 nitrogen and oxygen atoms in total. The van der Waals surface area contributed by atoms with Crippen LogP contribution < -0.4 is 0 Å². The number of rotatable bonds is 16. The third-order valence-corrected chi connectivity index (χ3v) is 3.97. The zero-order valence-corrected chi connectivity index (χ0v) is 15.6. The highest BCUT2D eigenvalue weighted by atomic mass is 16.5. The first-order valence-corrected chi connectivity index (χ1v) is 9.66. The first-order chi connectivity index (χ1) is 11.6. The standard InChI is InChI=1S/C20H36O4/c1-3-5-7-9-10-12-13-15-18(17-19(21)22)24-20(23)16-14-11-8-6-4-2/h12-13,18H,3-11,14-17H2,1-2H3,(H,21,22)/b13-12-. The molecule has 0 aromatic carbocycles. The number of hydrogen-bond donors (Lipinski definition) is 1. The highest BCUT2D eigenvalue weighted by Crippen LogP contribution is 2.11. The fourth-order valence-corrected chi connectivity index (χ4v) is 2.54. The number of allylic oxidation sites excluding steroid dienone is 1. The lowest BCUT2D eigenvalue weighted by Gasteiger charge is -2.14. The molecule has 0 spiro atoms. The quantitative estimate of drug-likeness (QED) is 0.224. The van der Waals surface area contributed by atoms with Crippen molar-refractivity contribution >= 4 is 11.9 Å². The number of ether oxygens (including phenoxy) is 1. The summed E-state index contributed by atoms with van der Waals surface area (Å²) in [4.78, 5) is 22.8. The number of carboxylic acids is 1. The molecule has 0 amide bonds. The van der Waals surface area contributed by atoms with Crippen molar-refractivity contribution in [2.45, 2.75) is 103 Å². The van der Waals surface area contributed by atoms with Crippen LogP contribution in [-0.4, -0.2) is 23.1 Å². The molecular formula is C20H36O4. The fourth-order valence-electron chi connectivity index (χ4n) is 2.54. The first-order valence-electron chi connectivity index (χ1n) is 9.66. The van der Waals surface area contributed by atoms with Gasteiger partial charge in [0.15, 0.2) is 0 Å². The van der Waals surface area contributed by atoms with E-state index < -0.39 is 12.1 Å². The van der Waals surface area contributed by atoms with Gasteiger partial charge in [0.05, 0.1) is 6.42 Å². The second-order valence-electron chi connectivity index (χ2n) is 6.43. The van der Waals surface area contributed by atoms with Gasteiger partial charge in [-0.05, 0) is 19.3 Å². The van der Waals surface area contributed by atoms with E-state index in [0.717, 1.165) is 32.1 Å². The summed E-state index contributed by atoms with van der Waals surface area (Å²) in [5, 5.41) is 8.95. The summed E-state index contributed by atoms with van der Waals surface area (Å²) < 4.78 is 5.34. The van der Waals surface area contributed by atoms with Crippen molar-refractivity contribution in [2.24, 2.45) is 0 Å². The van der Waals surface area contributed by atoms with Crippen molar-refractivity contribution < 1.29 is 19.4 Å². The molecule has 0 aromatic heterocycles. The Morgan fingerprint density at radius 3 is 2.17 bits per heavy atom. The predicted octanol–water partition coefficient (Wildman–Crippen LogP) is 5.65. The molecule has 0 aromatic rings. The molecule has 1 atom stereocenters. The maximum absolute atomic E-state index is 11.8. The maximum Gasteiger partial charge on any atom is 0.307 e. The number of carbonyl (C=O) groups is 2. The predicted molar refractivity (Wildman–Crippen MR) is 98.0 cm³/mol. The molecule has 1 N–H and O–H groups in total. The molecule has 0 saturated heterocycles. The summed E-state index contributed by atoms with van der Waals surface area (Å²) in [5.74, 6) is -1.19. The molecule has 0 saturated carbocycles.